The van der Waals surface area contributed by atoms with Gasteiger partial charge in [-0.15, -0.1) is 0 Å². The van der Waals surface area contributed by atoms with Crippen molar-refractivity contribution in [3.05, 3.63) is 51.3 Å². The highest BCUT2D eigenvalue weighted by Crippen LogP contribution is 2.22. The summed E-state index contributed by atoms with van der Waals surface area (Å²) in [5, 5.41) is 4.29. The number of hydrogen-bond donors (Lipinski definition) is 1. The van der Waals surface area contributed by atoms with Gasteiger partial charge < -0.3 is 5.73 Å². The first kappa shape index (κ1) is 15.1. The van der Waals surface area contributed by atoms with Crippen LogP contribution < -0.4 is 5.73 Å². The van der Waals surface area contributed by atoms with E-state index in [1.54, 1.807) is 4.68 Å². The molecule has 108 valence electrons. The molecular weight excluding hydrogens is 328 g/mol. The minimum absolute atomic E-state index is 0.263. The molecule has 0 aliphatic carbocycles. The van der Waals surface area contributed by atoms with E-state index < -0.39 is 11.6 Å². The lowest BCUT2D eigenvalue weighted by atomic mass is 10.0. The highest BCUT2D eigenvalue weighted by molar-refractivity contribution is 9.10. The average molecular weight is 344 g/mol. The molecule has 20 heavy (non-hydrogen) atoms. The Labute approximate surface area is 124 Å². The summed E-state index contributed by atoms with van der Waals surface area (Å²) in [5.41, 5.74) is 8.36. The van der Waals surface area contributed by atoms with Crippen molar-refractivity contribution in [2.24, 2.45) is 12.8 Å². The van der Waals surface area contributed by atoms with Gasteiger partial charge in [0, 0.05) is 25.6 Å². The maximum absolute atomic E-state index is 13.6. The van der Waals surface area contributed by atoms with Gasteiger partial charge in [-0.3, -0.25) is 4.68 Å². The van der Waals surface area contributed by atoms with Gasteiger partial charge in [-0.25, -0.2) is 8.78 Å². The third-order valence-electron chi connectivity index (χ3n) is 3.21. The monoisotopic (exact) mass is 343 g/mol. The molecule has 0 amide bonds. The van der Waals surface area contributed by atoms with Crippen LogP contribution in [0.2, 0.25) is 0 Å². The predicted octanol–water partition coefficient (Wildman–Crippen LogP) is 2.88. The number of nitrogens with two attached hydrogens (primary N) is 1. The number of halogens is 3. The normalized spacial score (nSPS) is 12.7. The Morgan fingerprint density at radius 3 is 2.60 bits per heavy atom. The second-order valence-electron chi connectivity index (χ2n) is 4.87. The van der Waals surface area contributed by atoms with Crippen LogP contribution in [0.3, 0.4) is 0 Å². The highest BCUT2D eigenvalue weighted by atomic mass is 79.9. The summed E-state index contributed by atoms with van der Waals surface area (Å²) in [5.74, 6) is -1.13. The van der Waals surface area contributed by atoms with Crippen molar-refractivity contribution >= 4 is 15.9 Å². The molecule has 1 atom stereocenters. The van der Waals surface area contributed by atoms with E-state index in [4.69, 9.17) is 5.73 Å². The molecule has 1 aromatic carbocycles. The summed E-state index contributed by atoms with van der Waals surface area (Å²) in [6.45, 7) is 1.90. The van der Waals surface area contributed by atoms with Crippen molar-refractivity contribution in [3.8, 4) is 0 Å². The number of benzene rings is 1. The molecule has 0 aliphatic rings. The molecule has 1 unspecified atom stereocenters. The smallest absolute Gasteiger partial charge is 0.129 e. The van der Waals surface area contributed by atoms with Gasteiger partial charge >= 0.3 is 0 Å². The lowest BCUT2D eigenvalue weighted by molar-refractivity contribution is 0.552. The molecular formula is C14H16BrF2N3. The van der Waals surface area contributed by atoms with Crippen LogP contribution in [0.4, 0.5) is 8.78 Å². The zero-order valence-corrected chi connectivity index (χ0v) is 12.9. The van der Waals surface area contributed by atoms with Crippen LogP contribution in [0, 0.1) is 18.6 Å². The van der Waals surface area contributed by atoms with Gasteiger partial charge in [-0.1, -0.05) is 6.07 Å². The van der Waals surface area contributed by atoms with Crippen LogP contribution in [0.25, 0.3) is 0 Å². The molecule has 2 aromatic rings. The summed E-state index contributed by atoms with van der Waals surface area (Å²) in [6.07, 6.45) is 0.914. The van der Waals surface area contributed by atoms with Gasteiger partial charge in [-0.05, 0) is 40.9 Å². The summed E-state index contributed by atoms with van der Waals surface area (Å²) in [6, 6.07) is 3.30. The van der Waals surface area contributed by atoms with Crippen molar-refractivity contribution < 1.29 is 8.78 Å². The van der Waals surface area contributed by atoms with E-state index in [0.29, 0.717) is 18.4 Å². The van der Waals surface area contributed by atoms with Crippen LogP contribution >= 0.6 is 15.9 Å². The summed E-state index contributed by atoms with van der Waals surface area (Å²) < 4.78 is 29.1. The van der Waals surface area contributed by atoms with Gasteiger partial charge in [0.25, 0.3) is 0 Å². The third-order valence-corrected chi connectivity index (χ3v) is 4.25. The Hall–Kier alpha value is -1.27. The fourth-order valence-corrected chi connectivity index (χ4v) is 2.69. The molecule has 2 rings (SSSR count). The van der Waals surface area contributed by atoms with Crippen LogP contribution in [0.5, 0.6) is 0 Å². The topological polar surface area (TPSA) is 43.8 Å². The molecule has 0 saturated carbocycles. The second-order valence-corrected chi connectivity index (χ2v) is 5.67. The maximum Gasteiger partial charge on any atom is 0.129 e. The first-order chi connectivity index (χ1) is 9.38. The van der Waals surface area contributed by atoms with Crippen molar-refractivity contribution in [1.82, 2.24) is 9.78 Å². The zero-order valence-electron chi connectivity index (χ0n) is 11.3. The van der Waals surface area contributed by atoms with E-state index >= 15 is 0 Å². The van der Waals surface area contributed by atoms with Gasteiger partial charge in [0.15, 0.2) is 0 Å². The largest absolute Gasteiger partial charge is 0.327 e. The molecule has 0 bridgehead atoms. The minimum atomic E-state index is -0.579. The van der Waals surface area contributed by atoms with Crippen molar-refractivity contribution in [2.45, 2.75) is 25.8 Å². The van der Waals surface area contributed by atoms with Crippen LogP contribution in [0.15, 0.2) is 22.7 Å². The van der Waals surface area contributed by atoms with E-state index in [2.05, 4.69) is 21.0 Å². The fraction of sp³-hybridized carbons (Fsp3) is 0.357. The molecule has 0 aliphatic heterocycles. The second kappa shape index (κ2) is 6.01. The Morgan fingerprint density at radius 2 is 2.05 bits per heavy atom. The van der Waals surface area contributed by atoms with Crippen molar-refractivity contribution in [2.75, 3.05) is 0 Å². The number of aryl methyl sites for hydroxylation is 2. The molecule has 1 aromatic heterocycles. The van der Waals surface area contributed by atoms with E-state index in [0.717, 1.165) is 21.9 Å². The summed E-state index contributed by atoms with van der Waals surface area (Å²) >= 11 is 3.48. The van der Waals surface area contributed by atoms with Gasteiger partial charge in [0.05, 0.1) is 15.9 Å². The van der Waals surface area contributed by atoms with Gasteiger partial charge in [0.1, 0.15) is 11.6 Å². The molecule has 2 N–H and O–H groups in total. The number of aromatic nitrogens is 2. The quantitative estimate of drug-likeness (QED) is 0.927. The lowest BCUT2D eigenvalue weighted by Crippen LogP contribution is -2.27. The Kier molecular flexibility index (Phi) is 4.55. The van der Waals surface area contributed by atoms with Gasteiger partial charge in [0.2, 0.25) is 0 Å². The van der Waals surface area contributed by atoms with Crippen molar-refractivity contribution in [1.29, 1.82) is 0 Å². The molecule has 1 heterocycles. The molecule has 0 spiro atoms. The van der Waals surface area contributed by atoms with E-state index in [1.807, 2.05) is 14.0 Å². The van der Waals surface area contributed by atoms with E-state index in [-0.39, 0.29) is 6.04 Å². The van der Waals surface area contributed by atoms with E-state index in [1.165, 1.54) is 12.1 Å². The fourth-order valence-electron chi connectivity index (χ4n) is 2.19. The van der Waals surface area contributed by atoms with E-state index in [9.17, 15) is 8.78 Å². The Balaban J connectivity index is 2.11. The number of hydrogen-bond acceptors (Lipinski definition) is 2. The average Bonchev–Trinajstić information content (AvgIpc) is 2.60. The minimum Gasteiger partial charge on any atom is -0.327 e. The van der Waals surface area contributed by atoms with Crippen molar-refractivity contribution in [3.63, 3.8) is 0 Å². The number of nitrogens with zero attached hydrogens (tertiary/aromatic N) is 2. The standard InChI is InChI=1S/C14H16BrF2N3/c1-8-14(15)13(20(2)19-8)7-11(18)5-9-3-4-10(16)6-12(9)17/h3-4,6,11H,5,7,18H2,1-2H3. The predicted molar refractivity (Wildman–Crippen MR) is 77.4 cm³/mol. The lowest BCUT2D eigenvalue weighted by Gasteiger charge is -2.13. The van der Waals surface area contributed by atoms with Crippen LogP contribution in [-0.4, -0.2) is 15.8 Å². The molecule has 3 nitrogen and oxygen atoms in total. The highest BCUT2D eigenvalue weighted by Gasteiger charge is 2.16. The molecule has 6 heteroatoms. The van der Waals surface area contributed by atoms with Crippen LogP contribution in [0.1, 0.15) is 17.0 Å². The SMILES string of the molecule is Cc1nn(C)c(CC(N)Cc2ccc(F)cc2F)c1Br. The van der Waals surface area contributed by atoms with Gasteiger partial charge in [-0.2, -0.15) is 5.10 Å². The first-order valence-corrected chi connectivity index (χ1v) is 7.05. The summed E-state index contributed by atoms with van der Waals surface area (Å²) in [7, 11) is 1.85. The maximum atomic E-state index is 13.6. The molecule has 0 fully saturated rings. The molecule has 0 radical (unpaired) electrons. The first-order valence-electron chi connectivity index (χ1n) is 6.26. The molecule has 0 saturated heterocycles. The van der Waals surface area contributed by atoms with Crippen LogP contribution in [-0.2, 0) is 19.9 Å². The third kappa shape index (κ3) is 3.24. The number of rotatable bonds is 4. The Bertz CT molecular complexity index is 625. The summed E-state index contributed by atoms with van der Waals surface area (Å²) in [4.78, 5) is 0. The Morgan fingerprint density at radius 1 is 1.35 bits per heavy atom. The zero-order chi connectivity index (χ0) is 14.9.